The van der Waals surface area contributed by atoms with Gasteiger partial charge in [0.2, 0.25) is 0 Å². The minimum atomic E-state index is 1.18. The third-order valence-corrected chi connectivity index (χ3v) is 2.29. The average Bonchev–Trinajstić information content (AvgIpc) is 2.07. The summed E-state index contributed by atoms with van der Waals surface area (Å²) >= 11 is 1.88. The molecule has 0 aliphatic rings. The van der Waals surface area contributed by atoms with Gasteiger partial charge in [-0.1, -0.05) is 37.3 Å². The molecule has 0 N–H and O–H groups in total. The standard InChI is InChI=1S/C10H13S/c1-2-11-9-8-10-6-4-3-5-7-10/h2-7H,8-9H2,1H3. The SMILES string of the molecule is C[CH]SCCc1ccccc1. The lowest BCUT2D eigenvalue weighted by Gasteiger charge is -1.98. The first-order valence-electron chi connectivity index (χ1n) is 3.87. The van der Waals surface area contributed by atoms with Crippen LogP contribution >= 0.6 is 11.8 Å². The molecule has 1 aromatic rings. The Kier molecular flexibility index (Phi) is 4.14. The third kappa shape index (κ3) is 3.47. The van der Waals surface area contributed by atoms with Crippen molar-refractivity contribution in [1.82, 2.24) is 0 Å². The van der Waals surface area contributed by atoms with E-state index in [1.807, 2.05) is 11.8 Å². The van der Waals surface area contributed by atoms with Crippen molar-refractivity contribution in [3.05, 3.63) is 41.6 Å². The zero-order valence-corrected chi connectivity index (χ0v) is 7.60. The van der Waals surface area contributed by atoms with Gasteiger partial charge in [-0.2, -0.15) is 11.8 Å². The molecule has 0 saturated carbocycles. The van der Waals surface area contributed by atoms with Crippen LogP contribution in [0.3, 0.4) is 0 Å². The molecule has 59 valence electrons. The Morgan fingerprint density at radius 3 is 2.64 bits per heavy atom. The predicted molar refractivity (Wildman–Crippen MR) is 52.6 cm³/mol. The number of aryl methyl sites for hydroxylation is 1. The van der Waals surface area contributed by atoms with Gasteiger partial charge < -0.3 is 0 Å². The van der Waals surface area contributed by atoms with E-state index in [-0.39, 0.29) is 0 Å². The Bertz CT molecular complexity index is 181. The van der Waals surface area contributed by atoms with Crippen molar-refractivity contribution >= 4 is 11.8 Å². The number of hydrogen-bond acceptors (Lipinski definition) is 1. The summed E-state index contributed by atoms with van der Waals surface area (Å²) in [7, 11) is 0. The zero-order chi connectivity index (χ0) is 7.94. The van der Waals surface area contributed by atoms with Gasteiger partial charge in [-0.3, -0.25) is 0 Å². The van der Waals surface area contributed by atoms with Gasteiger partial charge in [0.25, 0.3) is 0 Å². The maximum atomic E-state index is 2.18. The summed E-state index contributed by atoms with van der Waals surface area (Å²) in [6.45, 7) is 2.08. The van der Waals surface area contributed by atoms with Gasteiger partial charge in [0.1, 0.15) is 0 Å². The maximum Gasteiger partial charge on any atom is 0.0135 e. The van der Waals surface area contributed by atoms with E-state index in [1.54, 1.807) is 0 Å². The fourth-order valence-electron chi connectivity index (χ4n) is 0.939. The lowest BCUT2D eigenvalue weighted by molar-refractivity contribution is 1.16. The fraction of sp³-hybridized carbons (Fsp3) is 0.300. The highest BCUT2D eigenvalue weighted by Gasteiger charge is 1.89. The van der Waals surface area contributed by atoms with Crippen LogP contribution < -0.4 is 0 Å². The normalized spacial score (nSPS) is 9.91. The Morgan fingerprint density at radius 2 is 2.00 bits per heavy atom. The molecule has 0 aromatic heterocycles. The van der Waals surface area contributed by atoms with Crippen LogP contribution in [0.25, 0.3) is 0 Å². The molecule has 0 atom stereocenters. The minimum absolute atomic E-state index is 1.18. The molecular weight excluding hydrogens is 152 g/mol. The van der Waals surface area contributed by atoms with Crippen LogP contribution in [-0.2, 0) is 6.42 Å². The van der Waals surface area contributed by atoms with E-state index in [9.17, 15) is 0 Å². The molecule has 1 rings (SSSR count). The van der Waals surface area contributed by atoms with E-state index < -0.39 is 0 Å². The first kappa shape index (κ1) is 8.66. The van der Waals surface area contributed by atoms with Crippen LogP contribution in [0, 0.1) is 5.75 Å². The molecule has 11 heavy (non-hydrogen) atoms. The summed E-state index contributed by atoms with van der Waals surface area (Å²) in [6.07, 6.45) is 1.18. The topological polar surface area (TPSA) is 0 Å². The van der Waals surface area contributed by atoms with Crippen LogP contribution in [0.5, 0.6) is 0 Å². The van der Waals surface area contributed by atoms with Gasteiger partial charge >= 0.3 is 0 Å². The molecule has 0 spiro atoms. The lowest BCUT2D eigenvalue weighted by Crippen LogP contribution is -1.86. The Hall–Kier alpha value is -0.430. The van der Waals surface area contributed by atoms with E-state index in [4.69, 9.17) is 0 Å². The molecule has 0 amide bonds. The molecule has 0 fully saturated rings. The summed E-state index contributed by atoms with van der Waals surface area (Å²) in [6, 6.07) is 10.6. The van der Waals surface area contributed by atoms with E-state index in [2.05, 4.69) is 43.0 Å². The van der Waals surface area contributed by atoms with E-state index >= 15 is 0 Å². The van der Waals surface area contributed by atoms with Gasteiger partial charge in [-0.25, -0.2) is 0 Å². The van der Waals surface area contributed by atoms with Crippen molar-refractivity contribution < 1.29 is 0 Å². The Morgan fingerprint density at radius 1 is 1.27 bits per heavy atom. The molecule has 0 heterocycles. The largest absolute Gasteiger partial charge is 0.157 e. The van der Waals surface area contributed by atoms with Gasteiger partial charge in [-0.05, 0) is 17.7 Å². The molecule has 0 unspecified atom stereocenters. The summed E-state index contributed by atoms with van der Waals surface area (Å²) in [5.74, 6) is 3.34. The summed E-state index contributed by atoms with van der Waals surface area (Å²) < 4.78 is 0. The molecule has 1 heteroatoms. The second kappa shape index (κ2) is 5.25. The highest BCUT2D eigenvalue weighted by atomic mass is 32.2. The second-order valence-electron chi connectivity index (χ2n) is 2.34. The van der Waals surface area contributed by atoms with Crippen LogP contribution in [0.4, 0.5) is 0 Å². The fourth-order valence-corrected chi connectivity index (χ4v) is 1.53. The summed E-state index contributed by atoms with van der Waals surface area (Å²) in [4.78, 5) is 0. The van der Waals surface area contributed by atoms with Crippen molar-refractivity contribution in [3.8, 4) is 0 Å². The van der Waals surface area contributed by atoms with Crippen LogP contribution in [0.1, 0.15) is 12.5 Å². The number of thioether (sulfide) groups is 1. The smallest absolute Gasteiger partial charge is 0.0135 e. The quantitative estimate of drug-likeness (QED) is 0.618. The lowest BCUT2D eigenvalue weighted by atomic mass is 10.2. The average molecular weight is 165 g/mol. The van der Waals surface area contributed by atoms with Crippen molar-refractivity contribution in [1.29, 1.82) is 0 Å². The highest BCUT2D eigenvalue weighted by molar-refractivity contribution is 8.01. The Labute approximate surface area is 73.0 Å². The monoisotopic (exact) mass is 165 g/mol. The van der Waals surface area contributed by atoms with Crippen LogP contribution in [0.2, 0.25) is 0 Å². The maximum absolute atomic E-state index is 2.18. The molecule has 0 bridgehead atoms. The van der Waals surface area contributed by atoms with Crippen LogP contribution in [0.15, 0.2) is 30.3 Å². The first-order chi connectivity index (χ1) is 5.43. The molecule has 0 aliphatic carbocycles. The van der Waals surface area contributed by atoms with Crippen molar-refractivity contribution in [2.45, 2.75) is 13.3 Å². The molecule has 0 saturated heterocycles. The Balaban J connectivity index is 2.28. The molecule has 0 nitrogen and oxygen atoms in total. The van der Waals surface area contributed by atoms with Crippen molar-refractivity contribution in [2.75, 3.05) is 5.75 Å². The van der Waals surface area contributed by atoms with E-state index in [1.165, 1.54) is 17.7 Å². The number of rotatable bonds is 4. The van der Waals surface area contributed by atoms with Gasteiger partial charge in [0.15, 0.2) is 0 Å². The third-order valence-electron chi connectivity index (χ3n) is 1.52. The van der Waals surface area contributed by atoms with E-state index in [0.717, 1.165) is 0 Å². The number of hydrogen-bond donors (Lipinski definition) is 0. The molecular formula is C10H13S. The summed E-state index contributed by atoms with van der Waals surface area (Å²) in [5.41, 5.74) is 1.43. The van der Waals surface area contributed by atoms with E-state index in [0.29, 0.717) is 0 Å². The molecule has 0 aliphatic heterocycles. The molecule has 1 radical (unpaired) electrons. The first-order valence-corrected chi connectivity index (χ1v) is 4.91. The van der Waals surface area contributed by atoms with Crippen LogP contribution in [-0.4, -0.2) is 5.75 Å². The van der Waals surface area contributed by atoms with Gasteiger partial charge in [0.05, 0.1) is 0 Å². The second-order valence-corrected chi connectivity index (χ2v) is 3.56. The van der Waals surface area contributed by atoms with Crippen molar-refractivity contribution in [2.24, 2.45) is 0 Å². The zero-order valence-electron chi connectivity index (χ0n) is 6.79. The van der Waals surface area contributed by atoms with Gasteiger partial charge in [0, 0.05) is 5.75 Å². The minimum Gasteiger partial charge on any atom is -0.157 e. The van der Waals surface area contributed by atoms with Crippen molar-refractivity contribution in [3.63, 3.8) is 0 Å². The molecule has 1 aromatic carbocycles. The predicted octanol–water partition coefficient (Wildman–Crippen LogP) is 3.14. The number of benzene rings is 1. The summed E-state index contributed by atoms with van der Waals surface area (Å²) in [5, 5.41) is 0. The highest BCUT2D eigenvalue weighted by Crippen LogP contribution is 2.08. The van der Waals surface area contributed by atoms with Gasteiger partial charge in [-0.15, -0.1) is 0 Å².